The molecular formula is C18H21F2N7O3S2. The van der Waals surface area contributed by atoms with Crippen LogP contribution in [0.25, 0.3) is 16.3 Å². The number of halogens is 2. The topological polar surface area (TPSA) is 128 Å². The van der Waals surface area contributed by atoms with Crippen molar-refractivity contribution < 1.29 is 21.9 Å². The highest BCUT2D eigenvalue weighted by Gasteiger charge is 2.41. The summed E-state index contributed by atoms with van der Waals surface area (Å²) in [6.45, 7) is 3.89. The van der Waals surface area contributed by atoms with Crippen LogP contribution in [-0.4, -0.2) is 59.8 Å². The lowest BCUT2D eigenvalue weighted by molar-refractivity contribution is 0.123. The Kier molecular flexibility index (Phi) is 5.07. The summed E-state index contributed by atoms with van der Waals surface area (Å²) >= 11 is 0.687. The van der Waals surface area contributed by atoms with Crippen LogP contribution in [0.2, 0.25) is 0 Å². The molecule has 1 aliphatic heterocycles. The molecule has 3 aromatic rings. The van der Waals surface area contributed by atoms with E-state index in [-0.39, 0.29) is 21.5 Å². The summed E-state index contributed by atoms with van der Waals surface area (Å²) in [4.78, 5) is 6.33. The van der Waals surface area contributed by atoms with Crippen LogP contribution in [-0.2, 0) is 14.8 Å². The van der Waals surface area contributed by atoms with Crippen LogP contribution in [0.1, 0.15) is 31.2 Å². The Labute approximate surface area is 186 Å². The molecule has 5 rings (SSSR count). The number of nitrogen functional groups attached to an aromatic ring is 1. The zero-order valence-corrected chi connectivity index (χ0v) is 18.7. The molecule has 4 heterocycles. The predicted octanol–water partition coefficient (Wildman–Crippen LogP) is 2.04. The zero-order valence-electron chi connectivity index (χ0n) is 17.1. The van der Waals surface area contributed by atoms with E-state index in [1.165, 1.54) is 10.6 Å². The number of imidazole rings is 1. The fourth-order valence-corrected chi connectivity index (χ4v) is 5.79. The van der Waals surface area contributed by atoms with Gasteiger partial charge in [-0.3, -0.25) is 4.40 Å². The van der Waals surface area contributed by atoms with Crippen molar-refractivity contribution >= 4 is 38.4 Å². The van der Waals surface area contributed by atoms with Gasteiger partial charge in [-0.1, -0.05) is 11.3 Å². The number of hydrogen-bond acceptors (Lipinski definition) is 9. The molecule has 3 N–H and O–H groups in total. The molecule has 2 aliphatic rings. The number of nitrogens with one attached hydrogen (secondary N) is 1. The number of pyridine rings is 1. The van der Waals surface area contributed by atoms with Gasteiger partial charge < -0.3 is 15.4 Å². The molecule has 0 unspecified atom stereocenters. The Morgan fingerprint density at radius 2 is 2.00 bits per heavy atom. The van der Waals surface area contributed by atoms with Crippen molar-refractivity contribution in [3.8, 4) is 10.8 Å². The first-order valence-electron chi connectivity index (χ1n) is 9.97. The lowest BCUT2D eigenvalue weighted by Crippen LogP contribution is -2.37. The molecule has 2 fully saturated rings. The summed E-state index contributed by atoms with van der Waals surface area (Å²) in [6.07, 6.45) is 0.146. The molecule has 1 aliphatic carbocycles. The van der Waals surface area contributed by atoms with Gasteiger partial charge in [0.05, 0.1) is 18.9 Å². The zero-order chi connectivity index (χ0) is 22.7. The number of sulfonamides is 1. The standard InChI is InChI=1S/C18H21F2N7O3S2/c1-18(2-3-18)25-32(28,29)10-8-11(26-4-6-30-7-5-26)12-14(21)22-15(27(12)9-10)17-24-23-16(31-17)13(19)20/h8-9,13,25H,2-7,21H2,1H3. The van der Waals surface area contributed by atoms with E-state index in [4.69, 9.17) is 10.5 Å². The van der Waals surface area contributed by atoms with Gasteiger partial charge in [0.2, 0.25) is 10.0 Å². The number of morpholine rings is 1. The minimum absolute atomic E-state index is 0.0249. The summed E-state index contributed by atoms with van der Waals surface area (Å²) < 4.78 is 62.1. The molecular weight excluding hydrogens is 464 g/mol. The average molecular weight is 486 g/mol. The monoisotopic (exact) mass is 485 g/mol. The first-order valence-corrected chi connectivity index (χ1v) is 12.3. The molecule has 14 heteroatoms. The number of nitrogens with zero attached hydrogens (tertiary/aromatic N) is 5. The first-order chi connectivity index (χ1) is 15.2. The van der Waals surface area contributed by atoms with Crippen LogP contribution in [0.5, 0.6) is 0 Å². The molecule has 1 saturated heterocycles. The Morgan fingerprint density at radius 3 is 2.62 bits per heavy atom. The third-order valence-corrected chi connectivity index (χ3v) is 8.11. The van der Waals surface area contributed by atoms with Crippen LogP contribution in [0.4, 0.5) is 20.3 Å². The molecule has 0 amide bonds. The number of aromatic nitrogens is 4. The Balaban J connectivity index is 1.70. The van der Waals surface area contributed by atoms with Crippen molar-refractivity contribution in [2.75, 3.05) is 36.9 Å². The quantitative estimate of drug-likeness (QED) is 0.543. The SMILES string of the molecule is CC1(NS(=O)(=O)c2cc(N3CCOCC3)c3c(N)nc(-c4nnc(C(F)F)s4)n3c2)CC1. The molecule has 172 valence electrons. The highest BCUT2D eigenvalue weighted by Crippen LogP contribution is 2.38. The average Bonchev–Trinajstić information content (AvgIpc) is 3.15. The van der Waals surface area contributed by atoms with Gasteiger partial charge in [-0.2, -0.15) is 0 Å². The van der Waals surface area contributed by atoms with E-state index in [0.29, 0.717) is 48.8 Å². The van der Waals surface area contributed by atoms with E-state index in [0.717, 1.165) is 12.8 Å². The predicted molar refractivity (Wildman–Crippen MR) is 114 cm³/mol. The third-order valence-electron chi connectivity index (χ3n) is 5.58. The van der Waals surface area contributed by atoms with Crippen molar-refractivity contribution in [1.29, 1.82) is 0 Å². The number of ether oxygens (including phenoxy) is 1. The summed E-state index contributed by atoms with van der Waals surface area (Å²) in [7, 11) is -3.86. The van der Waals surface area contributed by atoms with E-state index in [1.54, 1.807) is 6.07 Å². The van der Waals surface area contributed by atoms with Crippen LogP contribution < -0.4 is 15.4 Å². The number of hydrogen-bond donors (Lipinski definition) is 2. The largest absolute Gasteiger partial charge is 0.382 e. The summed E-state index contributed by atoms with van der Waals surface area (Å²) in [5.74, 6) is 0.299. The molecule has 10 nitrogen and oxygen atoms in total. The normalized spacial score (nSPS) is 18.6. The Hall–Kier alpha value is -2.42. The number of rotatable bonds is 6. The summed E-state index contributed by atoms with van der Waals surface area (Å²) in [5.41, 5.74) is 6.80. The Morgan fingerprint density at radius 1 is 1.28 bits per heavy atom. The summed E-state index contributed by atoms with van der Waals surface area (Å²) in [5, 5.41) is 7.01. The molecule has 32 heavy (non-hydrogen) atoms. The molecule has 0 bridgehead atoms. The van der Waals surface area contributed by atoms with Crippen molar-refractivity contribution in [1.82, 2.24) is 24.3 Å². The van der Waals surface area contributed by atoms with Crippen LogP contribution in [0, 0.1) is 0 Å². The fourth-order valence-electron chi connectivity index (χ4n) is 3.63. The number of nitrogens with two attached hydrogens (primary N) is 1. The van der Waals surface area contributed by atoms with Gasteiger partial charge >= 0.3 is 0 Å². The van der Waals surface area contributed by atoms with Crippen molar-refractivity contribution in [2.24, 2.45) is 0 Å². The molecule has 0 atom stereocenters. The molecule has 0 radical (unpaired) electrons. The Bertz CT molecular complexity index is 1280. The van der Waals surface area contributed by atoms with Gasteiger partial charge in [0.1, 0.15) is 10.4 Å². The van der Waals surface area contributed by atoms with Crippen LogP contribution in [0.3, 0.4) is 0 Å². The summed E-state index contributed by atoms with van der Waals surface area (Å²) in [6, 6.07) is 1.57. The lowest BCUT2D eigenvalue weighted by Gasteiger charge is -2.30. The first kappa shape index (κ1) is 21.4. The number of alkyl halides is 2. The van der Waals surface area contributed by atoms with Crippen LogP contribution in [0.15, 0.2) is 17.2 Å². The maximum Gasteiger partial charge on any atom is 0.291 e. The second-order valence-corrected chi connectivity index (χ2v) is 10.8. The van der Waals surface area contributed by atoms with Gasteiger partial charge in [0, 0.05) is 24.8 Å². The van der Waals surface area contributed by atoms with Gasteiger partial charge in [-0.05, 0) is 25.8 Å². The van der Waals surface area contributed by atoms with E-state index in [2.05, 4.69) is 19.9 Å². The van der Waals surface area contributed by atoms with Gasteiger partial charge in [-0.25, -0.2) is 26.9 Å². The second kappa shape index (κ2) is 7.57. The third kappa shape index (κ3) is 3.80. The highest BCUT2D eigenvalue weighted by molar-refractivity contribution is 7.89. The van der Waals surface area contributed by atoms with Crippen molar-refractivity contribution in [2.45, 2.75) is 36.6 Å². The van der Waals surface area contributed by atoms with Gasteiger partial charge in [0.25, 0.3) is 6.43 Å². The van der Waals surface area contributed by atoms with Gasteiger partial charge in [0.15, 0.2) is 21.7 Å². The van der Waals surface area contributed by atoms with Gasteiger partial charge in [-0.15, -0.1) is 10.2 Å². The molecule has 0 aromatic carbocycles. The van der Waals surface area contributed by atoms with E-state index >= 15 is 0 Å². The molecule has 3 aromatic heterocycles. The van der Waals surface area contributed by atoms with Crippen molar-refractivity contribution in [3.05, 3.63) is 17.3 Å². The second-order valence-electron chi connectivity index (χ2n) is 8.11. The number of anilines is 2. The van der Waals surface area contributed by atoms with Crippen LogP contribution >= 0.6 is 11.3 Å². The molecule has 0 spiro atoms. The fraction of sp³-hybridized carbons (Fsp3) is 0.500. The lowest BCUT2D eigenvalue weighted by atomic mass is 10.2. The minimum atomic E-state index is -3.86. The van der Waals surface area contributed by atoms with E-state index in [1.807, 2.05) is 11.8 Å². The minimum Gasteiger partial charge on any atom is -0.382 e. The highest BCUT2D eigenvalue weighted by atomic mass is 32.2. The maximum absolute atomic E-state index is 13.2. The molecule has 1 saturated carbocycles. The number of fused-ring (bicyclic) bond motifs is 1. The smallest absolute Gasteiger partial charge is 0.291 e. The van der Waals surface area contributed by atoms with Crippen molar-refractivity contribution in [3.63, 3.8) is 0 Å². The maximum atomic E-state index is 13.2. The van der Waals surface area contributed by atoms with E-state index < -0.39 is 27.0 Å². The van der Waals surface area contributed by atoms with E-state index in [9.17, 15) is 17.2 Å².